The summed E-state index contributed by atoms with van der Waals surface area (Å²) < 4.78 is 0. The van der Waals surface area contributed by atoms with E-state index in [-0.39, 0.29) is 0 Å². The van der Waals surface area contributed by atoms with Crippen LogP contribution >= 0.6 is 24.0 Å². The summed E-state index contributed by atoms with van der Waals surface area (Å²) in [5, 5.41) is 4.44. The Morgan fingerprint density at radius 2 is 1.70 bits per heavy atom. The van der Waals surface area contributed by atoms with E-state index >= 15 is 0 Å². The number of hydrogen-bond acceptors (Lipinski definition) is 3. The van der Waals surface area contributed by atoms with E-state index in [2.05, 4.69) is 36.5 Å². The minimum absolute atomic E-state index is 0.842. The van der Waals surface area contributed by atoms with Crippen LogP contribution in [0.2, 0.25) is 0 Å². The van der Waals surface area contributed by atoms with Gasteiger partial charge >= 0.3 is 0 Å². The van der Waals surface area contributed by atoms with Crippen LogP contribution < -0.4 is 5.32 Å². The topological polar surface area (TPSA) is 12.0 Å². The highest BCUT2D eigenvalue weighted by molar-refractivity contribution is 8.02. The molecule has 0 saturated carbocycles. The molecule has 0 atom stereocenters. The summed E-state index contributed by atoms with van der Waals surface area (Å²) in [6.07, 6.45) is 4.05. The molecule has 0 heterocycles. The minimum atomic E-state index is 0.842. The number of nitrogens with one attached hydrogen (secondary N) is 1. The van der Waals surface area contributed by atoms with Crippen LogP contribution in [0.25, 0.3) is 0 Å². The lowest BCUT2D eigenvalue weighted by Crippen LogP contribution is -2.00. The Labute approximate surface area is 130 Å². The first-order valence-corrected chi connectivity index (χ1v) is 8.01. The summed E-state index contributed by atoms with van der Waals surface area (Å²) in [5.74, 6) is 0. The molecule has 1 N–H and O–H groups in total. The molecule has 0 unspecified atom stereocenters. The average molecular weight is 299 g/mol. The van der Waals surface area contributed by atoms with Crippen LogP contribution in [-0.4, -0.2) is 11.1 Å². The lowest BCUT2D eigenvalue weighted by atomic mass is 10.1. The van der Waals surface area contributed by atoms with Gasteiger partial charge in [-0.1, -0.05) is 60.2 Å². The summed E-state index contributed by atoms with van der Waals surface area (Å²) in [4.78, 5) is 0.842. The second kappa shape index (κ2) is 7.27. The van der Waals surface area contributed by atoms with Crippen LogP contribution in [0.3, 0.4) is 0 Å². The van der Waals surface area contributed by atoms with Crippen LogP contribution in [-0.2, 0) is 0 Å². The smallest absolute Gasteiger partial charge is 0.0737 e. The van der Waals surface area contributed by atoms with Crippen molar-refractivity contribution in [3.05, 3.63) is 76.8 Å². The fourth-order valence-corrected chi connectivity index (χ4v) is 2.51. The highest BCUT2D eigenvalue weighted by Gasteiger charge is 2.01. The van der Waals surface area contributed by atoms with E-state index in [4.69, 9.17) is 12.2 Å². The van der Waals surface area contributed by atoms with Crippen molar-refractivity contribution < 1.29 is 0 Å². The number of allylic oxidation sites excluding steroid dienone is 1. The van der Waals surface area contributed by atoms with Crippen molar-refractivity contribution in [3.63, 3.8) is 0 Å². The zero-order valence-electron chi connectivity index (χ0n) is 11.6. The summed E-state index contributed by atoms with van der Waals surface area (Å²) in [5.41, 5.74) is 3.40. The van der Waals surface area contributed by atoms with Gasteiger partial charge in [-0.15, -0.1) is 11.8 Å². The monoisotopic (exact) mass is 299 g/mol. The molecular weight excluding hydrogens is 282 g/mol. The predicted molar refractivity (Wildman–Crippen MR) is 94.5 cm³/mol. The molecule has 20 heavy (non-hydrogen) atoms. The Balaban J connectivity index is 2.13. The first kappa shape index (κ1) is 14.8. The number of rotatable bonds is 5. The third kappa shape index (κ3) is 4.22. The molecule has 0 fully saturated rings. The van der Waals surface area contributed by atoms with Gasteiger partial charge in [-0.25, -0.2) is 0 Å². The lowest BCUT2D eigenvalue weighted by Gasteiger charge is -2.09. The molecule has 0 aliphatic heterocycles. The fraction of sp³-hybridized carbons (Fsp3) is 0.118. The molecular formula is C17H17NS2. The van der Waals surface area contributed by atoms with Crippen LogP contribution in [0.5, 0.6) is 0 Å². The van der Waals surface area contributed by atoms with E-state index in [0.717, 1.165) is 21.1 Å². The molecule has 102 valence electrons. The van der Waals surface area contributed by atoms with Crippen molar-refractivity contribution in [3.8, 4) is 0 Å². The maximum Gasteiger partial charge on any atom is 0.0737 e. The second-order valence-corrected chi connectivity index (χ2v) is 5.72. The van der Waals surface area contributed by atoms with Gasteiger partial charge in [0.25, 0.3) is 0 Å². The van der Waals surface area contributed by atoms with E-state index in [1.807, 2.05) is 42.7 Å². The molecule has 0 bridgehead atoms. The summed E-state index contributed by atoms with van der Waals surface area (Å²) in [7, 11) is 0. The highest BCUT2D eigenvalue weighted by atomic mass is 32.2. The van der Waals surface area contributed by atoms with Gasteiger partial charge in [-0.2, -0.15) is 0 Å². The first-order valence-electron chi connectivity index (χ1n) is 6.38. The minimum Gasteiger partial charge on any atom is -0.350 e. The van der Waals surface area contributed by atoms with Crippen molar-refractivity contribution >= 4 is 34.5 Å². The van der Waals surface area contributed by atoms with E-state index in [1.165, 1.54) is 5.56 Å². The standard InChI is InChI=1S/C17H17NS2/c1-13-8-10-15(11-9-13)18-17(20-2)12-16(19)14-6-4-3-5-7-14/h3-12,18H,1-2H3/b17-12+. The Bertz CT molecular complexity index is 601. The van der Waals surface area contributed by atoms with Crippen molar-refractivity contribution in [2.45, 2.75) is 6.92 Å². The highest BCUT2D eigenvalue weighted by Crippen LogP contribution is 2.18. The van der Waals surface area contributed by atoms with Crippen molar-refractivity contribution in [2.24, 2.45) is 0 Å². The zero-order valence-corrected chi connectivity index (χ0v) is 13.2. The summed E-state index contributed by atoms with van der Waals surface area (Å²) in [6, 6.07) is 18.4. The molecule has 0 spiro atoms. The maximum absolute atomic E-state index is 5.47. The second-order valence-electron chi connectivity index (χ2n) is 4.43. The van der Waals surface area contributed by atoms with Crippen molar-refractivity contribution in [1.29, 1.82) is 0 Å². The SMILES string of the molecule is CS/C(=C/C(=S)c1ccccc1)Nc1ccc(C)cc1. The molecule has 2 aromatic carbocycles. The molecule has 2 rings (SSSR count). The normalized spacial score (nSPS) is 11.2. The Morgan fingerprint density at radius 1 is 1.05 bits per heavy atom. The summed E-state index contributed by atoms with van der Waals surface area (Å²) >= 11 is 7.12. The van der Waals surface area contributed by atoms with Crippen molar-refractivity contribution in [2.75, 3.05) is 11.6 Å². The predicted octanol–water partition coefficient (Wildman–Crippen LogP) is 5.03. The van der Waals surface area contributed by atoms with E-state index in [1.54, 1.807) is 11.8 Å². The molecule has 3 heteroatoms. The molecule has 0 radical (unpaired) electrons. The summed E-state index contributed by atoms with van der Waals surface area (Å²) in [6.45, 7) is 2.08. The van der Waals surface area contributed by atoms with Gasteiger partial charge < -0.3 is 5.32 Å². The third-order valence-corrected chi connectivity index (χ3v) is 3.87. The quantitative estimate of drug-likeness (QED) is 0.472. The molecule has 0 aliphatic carbocycles. The van der Waals surface area contributed by atoms with Gasteiger partial charge in [0.1, 0.15) is 0 Å². The van der Waals surface area contributed by atoms with Gasteiger partial charge in [-0.3, -0.25) is 0 Å². The fourth-order valence-electron chi connectivity index (χ4n) is 1.73. The third-order valence-electron chi connectivity index (χ3n) is 2.86. The number of benzene rings is 2. The number of aryl methyl sites for hydroxylation is 1. The molecule has 2 aromatic rings. The number of thioether (sulfide) groups is 1. The Morgan fingerprint density at radius 3 is 2.30 bits per heavy atom. The molecule has 0 aliphatic rings. The number of thiocarbonyl (C=S) groups is 1. The van der Waals surface area contributed by atoms with Gasteiger partial charge in [0.2, 0.25) is 0 Å². The Hall–Kier alpha value is -1.58. The van der Waals surface area contributed by atoms with Gasteiger partial charge in [0.15, 0.2) is 0 Å². The van der Waals surface area contributed by atoms with Gasteiger partial charge in [-0.05, 0) is 37.0 Å². The average Bonchev–Trinajstić information content (AvgIpc) is 2.49. The van der Waals surface area contributed by atoms with E-state index < -0.39 is 0 Å². The number of anilines is 1. The van der Waals surface area contributed by atoms with Crippen LogP contribution in [0.15, 0.2) is 65.7 Å². The van der Waals surface area contributed by atoms with Gasteiger partial charge in [0, 0.05) is 10.6 Å². The number of hydrogen-bond donors (Lipinski definition) is 1. The van der Waals surface area contributed by atoms with Gasteiger partial charge in [0.05, 0.1) is 5.03 Å². The zero-order chi connectivity index (χ0) is 14.4. The first-order chi connectivity index (χ1) is 9.69. The molecule has 0 amide bonds. The van der Waals surface area contributed by atoms with Crippen LogP contribution in [0.1, 0.15) is 11.1 Å². The van der Waals surface area contributed by atoms with E-state index in [0.29, 0.717) is 0 Å². The maximum atomic E-state index is 5.47. The van der Waals surface area contributed by atoms with Crippen LogP contribution in [0.4, 0.5) is 5.69 Å². The van der Waals surface area contributed by atoms with Crippen LogP contribution in [0, 0.1) is 6.92 Å². The largest absolute Gasteiger partial charge is 0.350 e. The van der Waals surface area contributed by atoms with E-state index in [9.17, 15) is 0 Å². The lowest BCUT2D eigenvalue weighted by molar-refractivity contribution is 1.45. The Kier molecular flexibility index (Phi) is 5.39. The molecule has 0 saturated heterocycles. The van der Waals surface area contributed by atoms with Crippen molar-refractivity contribution in [1.82, 2.24) is 0 Å². The molecule has 0 aromatic heterocycles. The molecule has 1 nitrogen and oxygen atoms in total.